The van der Waals surface area contributed by atoms with Gasteiger partial charge in [-0.25, -0.2) is 0 Å². The van der Waals surface area contributed by atoms with Crippen molar-refractivity contribution in [1.82, 2.24) is 4.90 Å². The summed E-state index contributed by atoms with van der Waals surface area (Å²) in [5, 5.41) is 8.37. The summed E-state index contributed by atoms with van der Waals surface area (Å²) in [6.45, 7) is 2.05. The zero-order valence-corrected chi connectivity index (χ0v) is 11.7. The third-order valence-corrected chi connectivity index (χ3v) is 2.56. The molecule has 0 fully saturated rings. The largest absolute Gasteiger partial charge is 0.481 e. The molecule has 1 N–H and O–H groups in total. The van der Waals surface area contributed by atoms with E-state index in [1.165, 1.54) is 12.2 Å². The second kappa shape index (κ2) is 10.0. The van der Waals surface area contributed by atoms with Gasteiger partial charge in [-0.1, -0.05) is 0 Å². The van der Waals surface area contributed by atoms with Gasteiger partial charge in [-0.05, 0) is 0 Å². The van der Waals surface area contributed by atoms with Crippen LogP contribution in [0.25, 0.3) is 0 Å². The molecule has 1 rings (SSSR count). The molecule has 0 aromatic carbocycles. The summed E-state index contributed by atoms with van der Waals surface area (Å²) in [4.78, 5) is 33.7. The molecule has 1 heterocycles. The van der Waals surface area contributed by atoms with E-state index in [1.54, 1.807) is 0 Å². The van der Waals surface area contributed by atoms with Gasteiger partial charge >= 0.3 is 5.97 Å². The number of imide groups is 1. The molecule has 1 aliphatic rings. The lowest BCUT2D eigenvalue weighted by Crippen LogP contribution is -2.33. The number of hydrogen-bond donors (Lipinski definition) is 1. The van der Waals surface area contributed by atoms with Gasteiger partial charge in [-0.15, -0.1) is 0 Å². The third-order valence-electron chi connectivity index (χ3n) is 2.56. The molecular formula is C13H19NO7. The Balaban J connectivity index is 1.84. The van der Waals surface area contributed by atoms with E-state index >= 15 is 0 Å². The number of nitrogens with zero attached hydrogens (tertiary/aromatic N) is 1. The van der Waals surface area contributed by atoms with E-state index in [2.05, 4.69) is 0 Å². The lowest BCUT2D eigenvalue weighted by molar-refractivity contribution is -0.139. The second-order valence-electron chi connectivity index (χ2n) is 4.14. The summed E-state index contributed by atoms with van der Waals surface area (Å²) in [5.74, 6) is -1.54. The van der Waals surface area contributed by atoms with E-state index in [-0.39, 0.29) is 38.0 Å². The summed E-state index contributed by atoms with van der Waals surface area (Å²) >= 11 is 0. The monoisotopic (exact) mass is 301 g/mol. The molecule has 2 amide bonds. The van der Waals surface area contributed by atoms with Crippen molar-refractivity contribution in [2.45, 2.75) is 6.42 Å². The molecule has 0 saturated heterocycles. The Hall–Kier alpha value is -1.77. The zero-order chi connectivity index (χ0) is 15.5. The smallest absolute Gasteiger partial charge is 0.305 e. The fraction of sp³-hybridized carbons (Fsp3) is 0.615. The Morgan fingerprint density at radius 2 is 1.38 bits per heavy atom. The van der Waals surface area contributed by atoms with E-state index in [4.69, 9.17) is 19.3 Å². The summed E-state index contributed by atoms with van der Waals surface area (Å²) in [5.41, 5.74) is 0. The van der Waals surface area contributed by atoms with E-state index in [0.717, 1.165) is 4.90 Å². The van der Waals surface area contributed by atoms with Crippen LogP contribution in [0.4, 0.5) is 0 Å². The second-order valence-corrected chi connectivity index (χ2v) is 4.14. The lowest BCUT2D eigenvalue weighted by atomic mass is 10.5. The number of ether oxygens (including phenoxy) is 3. The standard InChI is InChI=1S/C13H19NO7/c15-11-1-2-12(16)14(11)4-6-20-8-10-21-9-7-19-5-3-13(17)18/h1-2H,3-10H2,(H,17,18). The van der Waals surface area contributed by atoms with Crippen LogP contribution in [0.15, 0.2) is 12.2 Å². The predicted octanol–water partition coefficient (Wildman–Crippen LogP) is -0.564. The van der Waals surface area contributed by atoms with Gasteiger partial charge in [0.25, 0.3) is 11.8 Å². The molecule has 1 aliphatic heterocycles. The number of rotatable bonds is 12. The Morgan fingerprint density at radius 1 is 0.905 bits per heavy atom. The van der Waals surface area contributed by atoms with E-state index in [0.29, 0.717) is 26.4 Å². The maximum Gasteiger partial charge on any atom is 0.305 e. The number of amides is 2. The van der Waals surface area contributed by atoms with Crippen molar-refractivity contribution < 1.29 is 33.7 Å². The molecule has 8 nitrogen and oxygen atoms in total. The van der Waals surface area contributed by atoms with Crippen LogP contribution in [-0.2, 0) is 28.6 Å². The highest BCUT2D eigenvalue weighted by Gasteiger charge is 2.22. The van der Waals surface area contributed by atoms with Crippen LogP contribution < -0.4 is 0 Å². The Labute approximate surface area is 122 Å². The van der Waals surface area contributed by atoms with Crippen LogP contribution in [0.3, 0.4) is 0 Å². The SMILES string of the molecule is O=C(O)CCOCCOCCOCCN1C(=O)C=CC1=O. The molecule has 0 aromatic rings. The first-order chi connectivity index (χ1) is 10.1. The molecule has 0 atom stereocenters. The highest BCUT2D eigenvalue weighted by molar-refractivity contribution is 6.12. The average molecular weight is 301 g/mol. The van der Waals surface area contributed by atoms with Crippen LogP contribution in [-0.4, -0.2) is 74.0 Å². The van der Waals surface area contributed by atoms with Gasteiger partial charge in [0.05, 0.1) is 52.6 Å². The molecule has 0 aliphatic carbocycles. The minimum Gasteiger partial charge on any atom is -0.481 e. The highest BCUT2D eigenvalue weighted by atomic mass is 16.5. The summed E-state index contributed by atoms with van der Waals surface area (Å²) in [6, 6.07) is 0. The maximum atomic E-state index is 11.2. The molecule has 0 bridgehead atoms. The molecule has 21 heavy (non-hydrogen) atoms. The minimum absolute atomic E-state index is 0.0219. The molecule has 8 heteroatoms. The molecular weight excluding hydrogens is 282 g/mol. The highest BCUT2D eigenvalue weighted by Crippen LogP contribution is 2.02. The summed E-state index contributed by atoms with van der Waals surface area (Å²) in [6.07, 6.45) is 2.44. The van der Waals surface area contributed by atoms with Crippen molar-refractivity contribution in [3.63, 3.8) is 0 Å². The fourth-order valence-electron chi connectivity index (χ4n) is 1.51. The molecule has 0 aromatic heterocycles. The topological polar surface area (TPSA) is 102 Å². The van der Waals surface area contributed by atoms with Crippen LogP contribution in [0, 0.1) is 0 Å². The van der Waals surface area contributed by atoms with Gasteiger partial charge in [-0.3, -0.25) is 19.3 Å². The van der Waals surface area contributed by atoms with Crippen molar-refractivity contribution >= 4 is 17.8 Å². The molecule has 0 unspecified atom stereocenters. The number of carbonyl (C=O) groups is 3. The number of hydrogen-bond acceptors (Lipinski definition) is 6. The number of carboxylic acid groups (broad SMARTS) is 1. The first-order valence-corrected chi connectivity index (χ1v) is 6.60. The molecule has 0 radical (unpaired) electrons. The third kappa shape index (κ3) is 7.54. The first kappa shape index (κ1) is 17.3. The van der Waals surface area contributed by atoms with Crippen molar-refractivity contribution in [1.29, 1.82) is 0 Å². The van der Waals surface area contributed by atoms with Gasteiger partial charge in [-0.2, -0.15) is 0 Å². The van der Waals surface area contributed by atoms with Crippen molar-refractivity contribution in [2.75, 3.05) is 46.2 Å². The van der Waals surface area contributed by atoms with Crippen molar-refractivity contribution in [2.24, 2.45) is 0 Å². The lowest BCUT2D eigenvalue weighted by Gasteiger charge is -2.13. The fourth-order valence-corrected chi connectivity index (χ4v) is 1.51. The van der Waals surface area contributed by atoms with Gasteiger partial charge in [0.15, 0.2) is 0 Å². The van der Waals surface area contributed by atoms with Gasteiger partial charge in [0, 0.05) is 12.2 Å². The van der Waals surface area contributed by atoms with Crippen molar-refractivity contribution in [3.8, 4) is 0 Å². The Bertz CT molecular complexity index is 376. The Morgan fingerprint density at radius 3 is 1.90 bits per heavy atom. The average Bonchev–Trinajstić information content (AvgIpc) is 2.75. The quantitative estimate of drug-likeness (QED) is 0.380. The maximum absolute atomic E-state index is 11.2. The van der Waals surface area contributed by atoms with Crippen LogP contribution in [0.1, 0.15) is 6.42 Å². The van der Waals surface area contributed by atoms with Crippen LogP contribution >= 0.6 is 0 Å². The predicted molar refractivity (Wildman–Crippen MR) is 70.6 cm³/mol. The molecule has 118 valence electrons. The van der Waals surface area contributed by atoms with E-state index in [1.807, 2.05) is 0 Å². The van der Waals surface area contributed by atoms with Crippen LogP contribution in [0.2, 0.25) is 0 Å². The van der Waals surface area contributed by atoms with Gasteiger partial charge in [0.1, 0.15) is 0 Å². The first-order valence-electron chi connectivity index (χ1n) is 6.60. The Kier molecular flexibility index (Phi) is 8.25. The molecule has 0 spiro atoms. The van der Waals surface area contributed by atoms with E-state index in [9.17, 15) is 14.4 Å². The van der Waals surface area contributed by atoms with Crippen LogP contribution in [0.5, 0.6) is 0 Å². The van der Waals surface area contributed by atoms with Crippen molar-refractivity contribution in [3.05, 3.63) is 12.2 Å². The minimum atomic E-state index is -0.894. The van der Waals surface area contributed by atoms with Gasteiger partial charge in [0.2, 0.25) is 0 Å². The van der Waals surface area contributed by atoms with Gasteiger partial charge < -0.3 is 19.3 Å². The summed E-state index contributed by atoms with van der Waals surface area (Å²) < 4.78 is 15.5. The normalized spacial score (nSPS) is 14.2. The van der Waals surface area contributed by atoms with E-state index < -0.39 is 5.97 Å². The zero-order valence-electron chi connectivity index (χ0n) is 11.7. The number of carbonyl (C=O) groups excluding carboxylic acids is 2. The number of aliphatic carboxylic acids is 1. The summed E-state index contributed by atoms with van der Waals surface area (Å²) in [7, 11) is 0. The number of carboxylic acids is 1. The molecule has 0 saturated carbocycles.